The van der Waals surface area contributed by atoms with Crippen molar-refractivity contribution in [2.45, 2.75) is 17.9 Å². The van der Waals surface area contributed by atoms with Gasteiger partial charge in [-0.15, -0.1) is 0 Å². The van der Waals surface area contributed by atoms with Crippen LogP contribution >= 0.6 is 0 Å². The van der Waals surface area contributed by atoms with E-state index in [0.717, 1.165) is 36.3 Å². The molecule has 0 bridgehead atoms. The molecule has 1 aliphatic heterocycles. The fraction of sp³-hybridized carbons (Fsp3) is 0.222. The van der Waals surface area contributed by atoms with Crippen LogP contribution in [-0.4, -0.2) is 55.9 Å². The summed E-state index contributed by atoms with van der Waals surface area (Å²) in [5.41, 5.74) is 4.44. The number of sulfonamides is 1. The van der Waals surface area contributed by atoms with Gasteiger partial charge in [0.15, 0.2) is 0 Å². The van der Waals surface area contributed by atoms with Crippen LogP contribution in [0.3, 0.4) is 0 Å². The van der Waals surface area contributed by atoms with Gasteiger partial charge in [-0.1, -0.05) is 42.5 Å². The van der Waals surface area contributed by atoms with E-state index in [1.54, 1.807) is 29.3 Å². The smallest absolute Gasteiger partial charge is 0.241 e. The summed E-state index contributed by atoms with van der Waals surface area (Å²) in [6.07, 6.45) is 2.59. The van der Waals surface area contributed by atoms with Gasteiger partial charge in [0.25, 0.3) is 0 Å². The van der Waals surface area contributed by atoms with Crippen LogP contribution in [0.15, 0.2) is 83.9 Å². The minimum absolute atomic E-state index is 0.0644. The third kappa shape index (κ3) is 5.07. The van der Waals surface area contributed by atoms with Gasteiger partial charge in [-0.3, -0.25) is 9.78 Å². The molecular weight excluding hydrogens is 474 g/mol. The molecule has 0 spiro atoms. The number of hydrogen-bond acceptors (Lipinski definition) is 6. The van der Waals surface area contributed by atoms with Gasteiger partial charge in [0.2, 0.25) is 15.9 Å². The second-order valence-electron chi connectivity index (χ2n) is 8.82. The van der Waals surface area contributed by atoms with Gasteiger partial charge in [0.1, 0.15) is 5.52 Å². The first kappa shape index (κ1) is 23.9. The molecule has 0 saturated carbocycles. The Morgan fingerprint density at radius 1 is 0.972 bits per heavy atom. The SMILES string of the molecule is CN1CCCN(c2ccnc3ccc(-c4cccc(S(=O)(=O)NCc5ccccc5)c4)nc23)CC1=O. The third-order valence-corrected chi connectivity index (χ3v) is 7.72. The number of amides is 1. The maximum atomic E-state index is 13.0. The highest BCUT2D eigenvalue weighted by atomic mass is 32.2. The average Bonchev–Trinajstić information content (AvgIpc) is 3.07. The van der Waals surface area contributed by atoms with E-state index in [1.165, 1.54) is 0 Å². The van der Waals surface area contributed by atoms with Crippen LogP contribution in [-0.2, 0) is 21.4 Å². The number of aromatic nitrogens is 2. The van der Waals surface area contributed by atoms with E-state index in [-0.39, 0.29) is 23.9 Å². The van der Waals surface area contributed by atoms with E-state index in [0.29, 0.717) is 16.8 Å². The van der Waals surface area contributed by atoms with Crippen LogP contribution in [0.4, 0.5) is 5.69 Å². The number of rotatable bonds is 6. The predicted octanol–water partition coefficient (Wildman–Crippen LogP) is 3.44. The number of fused-ring (bicyclic) bond motifs is 1. The maximum Gasteiger partial charge on any atom is 0.241 e. The molecule has 5 rings (SSSR count). The summed E-state index contributed by atoms with van der Waals surface area (Å²) >= 11 is 0. The van der Waals surface area contributed by atoms with Gasteiger partial charge in [-0.2, -0.15) is 0 Å². The lowest BCUT2D eigenvalue weighted by atomic mass is 10.1. The fourth-order valence-corrected chi connectivity index (χ4v) is 5.36. The zero-order valence-electron chi connectivity index (χ0n) is 20.0. The first-order valence-electron chi connectivity index (χ1n) is 11.8. The van der Waals surface area contributed by atoms with Crippen molar-refractivity contribution in [2.75, 3.05) is 31.6 Å². The first-order chi connectivity index (χ1) is 17.4. The summed E-state index contributed by atoms with van der Waals surface area (Å²) in [5, 5.41) is 0. The lowest BCUT2D eigenvalue weighted by Crippen LogP contribution is -2.34. The Labute approximate surface area is 210 Å². The van der Waals surface area contributed by atoms with Crippen molar-refractivity contribution < 1.29 is 13.2 Å². The lowest BCUT2D eigenvalue weighted by Gasteiger charge is -2.23. The molecule has 1 amide bonds. The van der Waals surface area contributed by atoms with Gasteiger partial charge in [-0.05, 0) is 42.3 Å². The van der Waals surface area contributed by atoms with E-state index < -0.39 is 10.0 Å². The van der Waals surface area contributed by atoms with Crippen molar-refractivity contribution in [1.29, 1.82) is 0 Å². The Bertz CT molecular complexity index is 1510. The number of anilines is 1. The quantitative estimate of drug-likeness (QED) is 0.435. The number of carbonyl (C=O) groups excluding carboxylic acids is 1. The summed E-state index contributed by atoms with van der Waals surface area (Å²) < 4.78 is 28.6. The van der Waals surface area contributed by atoms with E-state index in [1.807, 2.05) is 66.5 Å². The molecule has 4 aromatic rings. The van der Waals surface area contributed by atoms with Crippen molar-refractivity contribution in [1.82, 2.24) is 19.6 Å². The second-order valence-corrected chi connectivity index (χ2v) is 10.6. The Morgan fingerprint density at radius 2 is 1.81 bits per heavy atom. The highest BCUT2D eigenvalue weighted by Crippen LogP contribution is 2.29. The summed E-state index contributed by atoms with van der Waals surface area (Å²) in [4.78, 5) is 25.8. The molecule has 9 heteroatoms. The third-order valence-electron chi connectivity index (χ3n) is 6.33. The van der Waals surface area contributed by atoms with Crippen LogP contribution in [0.2, 0.25) is 0 Å². The van der Waals surface area contributed by atoms with Gasteiger partial charge in [0.05, 0.1) is 28.3 Å². The van der Waals surface area contributed by atoms with Crippen molar-refractivity contribution in [3.05, 3.63) is 84.6 Å². The summed E-state index contributed by atoms with van der Waals surface area (Å²) in [7, 11) is -1.89. The zero-order chi connectivity index (χ0) is 25.1. The lowest BCUT2D eigenvalue weighted by molar-refractivity contribution is -0.127. The standard InChI is InChI=1S/C27H27N5O3S/c1-31-15-6-16-32(19-26(31)33)25-13-14-28-24-12-11-23(30-27(24)25)21-9-5-10-22(17-21)36(34,35)29-18-20-7-3-2-4-8-20/h2-5,7-14,17,29H,6,15-16,18-19H2,1H3. The predicted molar refractivity (Wildman–Crippen MR) is 140 cm³/mol. The van der Waals surface area contributed by atoms with E-state index >= 15 is 0 Å². The molecule has 0 atom stereocenters. The minimum Gasteiger partial charge on any atom is -0.360 e. The van der Waals surface area contributed by atoms with Crippen LogP contribution in [0, 0.1) is 0 Å². The van der Waals surface area contributed by atoms with Gasteiger partial charge in [-0.25, -0.2) is 18.1 Å². The summed E-state index contributed by atoms with van der Waals surface area (Å²) in [5.74, 6) is 0.0644. The number of nitrogens with zero attached hydrogens (tertiary/aromatic N) is 4. The van der Waals surface area contributed by atoms with E-state index in [9.17, 15) is 13.2 Å². The Balaban J connectivity index is 1.46. The maximum absolute atomic E-state index is 13.0. The molecule has 1 N–H and O–H groups in total. The molecule has 1 fully saturated rings. The molecule has 1 saturated heterocycles. The fourth-order valence-electron chi connectivity index (χ4n) is 4.30. The minimum atomic E-state index is -3.71. The Hall–Kier alpha value is -3.82. The number of benzene rings is 2. The highest BCUT2D eigenvalue weighted by Gasteiger charge is 2.22. The number of pyridine rings is 2. The van der Waals surface area contributed by atoms with Crippen molar-refractivity contribution in [3.8, 4) is 11.3 Å². The summed E-state index contributed by atoms with van der Waals surface area (Å²) in [6.45, 7) is 1.95. The van der Waals surface area contributed by atoms with Gasteiger partial charge >= 0.3 is 0 Å². The average molecular weight is 502 g/mol. The van der Waals surface area contributed by atoms with Crippen LogP contribution in [0.25, 0.3) is 22.3 Å². The molecule has 3 heterocycles. The molecule has 0 unspecified atom stereocenters. The molecule has 2 aromatic carbocycles. The Kier molecular flexibility index (Phi) is 6.67. The van der Waals surface area contributed by atoms with E-state index in [2.05, 4.69) is 9.71 Å². The van der Waals surface area contributed by atoms with Crippen molar-refractivity contribution in [2.24, 2.45) is 0 Å². The number of nitrogens with one attached hydrogen (secondary N) is 1. The largest absolute Gasteiger partial charge is 0.360 e. The molecule has 8 nitrogen and oxygen atoms in total. The molecule has 2 aromatic heterocycles. The molecular formula is C27H27N5O3S. The normalized spacial score (nSPS) is 14.8. The van der Waals surface area contributed by atoms with Crippen molar-refractivity contribution in [3.63, 3.8) is 0 Å². The number of likely N-dealkylation sites (N-methyl/N-ethyl adjacent to an activating group) is 1. The molecule has 0 aliphatic carbocycles. The van der Waals surface area contributed by atoms with Crippen LogP contribution in [0.1, 0.15) is 12.0 Å². The monoisotopic (exact) mass is 501 g/mol. The van der Waals surface area contributed by atoms with Crippen molar-refractivity contribution >= 4 is 32.7 Å². The number of hydrogen-bond donors (Lipinski definition) is 1. The van der Waals surface area contributed by atoms with Crippen LogP contribution in [0.5, 0.6) is 0 Å². The van der Waals surface area contributed by atoms with Gasteiger partial charge in [0, 0.05) is 38.4 Å². The van der Waals surface area contributed by atoms with E-state index in [4.69, 9.17) is 4.98 Å². The highest BCUT2D eigenvalue weighted by molar-refractivity contribution is 7.89. The Morgan fingerprint density at radius 3 is 2.64 bits per heavy atom. The number of carbonyl (C=O) groups is 1. The second kappa shape index (κ2) is 10.0. The molecule has 36 heavy (non-hydrogen) atoms. The summed E-state index contributed by atoms with van der Waals surface area (Å²) in [6, 6.07) is 21.7. The first-order valence-corrected chi connectivity index (χ1v) is 13.3. The topological polar surface area (TPSA) is 95.5 Å². The molecule has 0 radical (unpaired) electrons. The van der Waals surface area contributed by atoms with Crippen LogP contribution < -0.4 is 9.62 Å². The molecule has 184 valence electrons. The molecule has 1 aliphatic rings. The zero-order valence-corrected chi connectivity index (χ0v) is 20.8. The van der Waals surface area contributed by atoms with Gasteiger partial charge < -0.3 is 9.80 Å².